The zero-order valence-electron chi connectivity index (χ0n) is 14.8. The summed E-state index contributed by atoms with van der Waals surface area (Å²) in [5, 5.41) is 20.0. The van der Waals surface area contributed by atoms with Gasteiger partial charge < -0.3 is 9.73 Å². The first-order valence-electron chi connectivity index (χ1n) is 8.39. The number of nitrogens with one attached hydrogen (secondary N) is 1. The average molecular weight is 428 g/mol. The van der Waals surface area contributed by atoms with Gasteiger partial charge in [-0.1, -0.05) is 35.2 Å². The number of nitrogens with zero attached hydrogens (tertiary/aromatic N) is 5. The van der Waals surface area contributed by atoms with Gasteiger partial charge in [0.1, 0.15) is 10.8 Å². The van der Waals surface area contributed by atoms with Crippen LogP contribution in [0.5, 0.6) is 0 Å². The molecule has 0 aliphatic carbocycles. The number of rotatable bonds is 7. The second kappa shape index (κ2) is 8.88. The minimum absolute atomic E-state index is 0.255. The van der Waals surface area contributed by atoms with Crippen LogP contribution in [0.15, 0.2) is 58.4 Å². The molecule has 146 valence electrons. The van der Waals surface area contributed by atoms with Crippen molar-refractivity contribution in [2.45, 2.75) is 17.5 Å². The summed E-state index contributed by atoms with van der Waals surface area (Å²) in [7, 11) is 0. The van der Waals surface area contributed by atoms with Crippen LogP contribution in [0.2, 0.25) is 0 Å². The van der Waals surface area contributed by atoms with Gasteiger partial charge in [-0.15, -0.1) is 20.4 Å². The lowest BCUT2D eigenvalue weighted by Crippen LogP contribution is -2.22. The van der Waals surface area contributed by atoms with E-state index in [1.165, 1.54) is 35.2 Å². The minimum atomic E-state index is -0.333. The van der Waals surface area contributed by atoms with Gasteiger partial charge in [0.2, 0.25) is 10.9 Å². The summed E-state index contributed by atoms with van der Waals surface area (Å²) < 4.78 is 18.5. The number of hydrogen-bond donors (Lipinski definition) is 1. The van der Waals surface area contributed by atoms with Crippen molar-refractivity contribution in [3.05, 3.63) is 70.2 Å². The van der Waals surface area contributed by atoms with E-state index < -0.39 is 0 Å². The van der Waals surface area contributed by atoms with E-state index >= 15 is 0 Å². The van der Waals surface area contributed by atoms with Crippen LogP contribution in [-0.2, 0) is 12.3 Å². The van der Waals surface area contributed by atoms with Gasteiger partial charge in [-0.3, -0.25) is 9.78 Å². The Balaban J connectivity index is 1.30. The summed E-state index contributed by atoms with van der Waals surface area (Å²) in [5.74, 6) is 0.204. The molecule has 0 saturated heterocycles. The van der Waals surface area contributed by atoms with E-state index in [1.807, 2.05) is 0 Å². The maximum atomic E-state index is 12.9. The normalized spacial score (nSPS) is 10.8. The van der Waals surface area contributed by atoms with Gasteiger partial charge >= 0.3 is 0 Å². The van der Waals surface area contributed by atoms with E-state index in [0.29, 0.717) is 21.9 Å². The molecule has 0 aliphatic rings. The summed E-state index contributed by atoms with van der Waals surface area (Å²) in [6.07, 6.45) is 3.30. The van der Waals surface area contributed by atoms with Crippen molar-refractivity contribution >= 4 is 29.0 Å². The van der Waals surface area contributed by atoms with E-state index in [-0.39, 0.29) is 23.3 Å². The predicted molar refractivity (Wildman–Crippen MR) is 105 cm³/mol. The number of halogens is 1. The number of amides is 1. The Kier molecular flexibility index (Phi) is 5.86. The Morgan fingerprint density at radius 2 is 1.86 bits per heavy atom. The maximum Gasteiger partial charge on any atom is 0.282 e. The summed E-state index contributed by atoms with van der Waals surface area (Å²) in [4.78, 5) is 16.2. The minimum Gasteiger partial charge on any atom is -0.411 e. The van der Waals surface area contributed by atoms with Crippen LogP contribution in [0.1, 0.15) is 20.4 Å². The van der Waals surface area contributed by atoms with Gasteiger partial charge in [-0.05, 0) is 29.8 Å². The van der Waals surface area contributed by atoms with Gasteiger partial charge in [0.25, 0.3) is 11.1 Å². The lowest BCUT2D eigenvalue weighted by molar-refractivity contribution is 0.0950. The van der Waals surface area contributed by atoms with Crippen LogP contribution in [0.4, 0.5) is 4.39 Å². The zero-order valence-corrected chi connectivity index (χ0v) is 16.4. The summed E-state index contributed by atoms with van der Waals surface area (Å²) in [5.41, 5.74) is 1.58. The van der Waals surface area contributed by atoms with E-state index in [4.69, 9.17) is 4.42 Å². The van der Waals surface area contributed by atoms with E-state index in [2.05, 4.69) is 30.7 Å². The second-order valence-electron chi connectivity index (χ2n) is 5.71. The second-order valence-corrected chi connectivity index (χ2v) is 7.70. The molecule has 0 bridgehead atoms. The van der Waals surface area contributed by atoms with Crippen LogP contribution in [-0.4, -0.2) is 31.3 Å². The van der Waals surface area contributed by atoms with Gasteiger partial charge in [0.05, 0.1) is 5.75 Å². The van der Waals surface area contributed by atoms with Crippen LogP contribution < -0.4 is 5.32 Å². The fourth-order valence-corrected chi connectivity index (χ4v) is 3.77. The number of pyridine rings is 1. The topological polar surface area (TPSA) is 107 Å². The first-order valence-corrected chi connectivity index (χ1v) is 10.2. The first kappa shape index (κ1) is 19.2. The molecule has 0 radical (unpaired) electrons. The molecule has 0 fully saturated rings. The molecule has 8 nitrogen and oxygen atoms in total. The smallest absolute Gasteiger partial charge is 0.282 e. The molecule has 4 aromatic rings. The van der Waals surface area contributed by atoms with Gasteiger partial charge in [-0.25, -0.2) is 4.39 Å². The van der Waals surface area contributed by atoms with E-state index in [1.54, 1.807) is 36.7 Å². The lowest BCUT2D eigenvalue weighted by Gasteiger charge is -2.02. The molecule has 1 aromatic carbocycles. The lowest BCUT2D eigenvalue weighted by atomic mass is 10.2. The van der Waals surface area contributed by atoms with Gasteiger partial charge in [-0.2, -0.15) is 0 Å². The van der Waals surface area contributed by atoms with Gasteiger partial charge in [0.15, 0.2) is 0 Å². The molecule has 4 rings (SSSR count). The van der Waals surface area contributed by atoms with Crippen LogP contribution >= 0.6 is 23.1 Å². The fraction of sp³-hybridized carbons (Fsp3) is 0.111. The predicted octanol–water partition coefficient (Wildman–Crippen LogP) is 3.34. The Morgan fingerprint density at radius 3 is 2.66 bits per heavy atom. The molecule has 0 spiro atoms. The number of carbonyl (C=O) groups is 1. The van der Waals surface area contributed by atoms with E-state index in [0.717, 1.165) is 11.1 Å². The monoisotopic (exact) mass is 428 g/mol. The maximum absolute atomic E-state index is 12.9. The molecule has 0 atom stereocenters. The van der Waals surface area contributed by atoms with E-state index in [9.17, 15) is 9.18 Å². The highest BCUT2D eigenvalue weighted by atomic mass is 32.2. The number of benzene rings is 1. The molecule has 0 saturated carbocycles. The standard InChI is InChI=1S/C18H13FN6O2S2/c19-13-3-1-11(2-4-13)9-21-15(26)17-24-22-14(29-17)10-28-18-25-23-16(27-18)12-5-7-20-8-6-12/h1-8H,9-10H2,(H,21,26). The van der Waals surface area contributed by atoms with Crippen molar-refractivity contribution in [1.29, 1.82) is 0 Å². The molecule has 1 N–H and O–H groups in total. The van der Waals surface area contributed by atoms with Crippen molar-refractivity contribution < 1.29 is 13.6 Å². The van der Waals surface area contributed by atoms with Crippen LogP contribution in [0.25, 0.3) is 11.5 Å². The van der Waals surface area contributed by atoms with Gasteiger partial charge in [0, 0.05) is 24.5 Å². The van der Waals surface area contributed by atoms with Crippen molar-refractivity contribution in [2.75, 3.05) is 0 Å². The van der Waals surface area contributed by atoms with Crippen molar-refractivity contribution in [1.82, 2.24) is 30.7 Å². The number of aromatic nitrogens is 5. The van der Waals surface area contributed by atoms with Crippen molar-refractivity contribution in [2.24, 2.45) is 0 Å². The molecule has 3 heterocycles. The summed E-state index contributed by atoms with van der Waals surface area (Å²) in [6, 6.07) is 9.48. The third kappa shape index (κ3) is 5.00. The Hall–Kier alpha value is -3.18. The number of carbonyl (C=O) groups excluding carboxylic acids is 1. The molecule has 11 heteroatoms. The highest BCUT2D eigenvalue weighted by molar-refractivity contribution is 7.98. The SMILES string of the molecule is O=C(NCc1ccc(F)cc1)c1nnc(CSc2nnc(-c3ccncc3)o2)s1. The highest BCUT2D eigenvalue weighted by Crippen LogP contribution is 2.26. The first-order chi connectivity index (χ1) is 14.2. The summed E-state index contributed by atoms with van der Waals surface area (Å²) >= 11 is 2.50. The molecule has 0 aliphatic heterocycles. The molecular weight excluding hydrogens is 415 g/mol. The Bertz CT molecular complexity index is 1100. The Morgan fingerprint density at radius 1 is 1.07 bits per heavy atom. The third-order valence-corrected chi connectivity index (χ3v) is 5.61. The Labute approximate surface area is 172 Å². The zero-order chi connectivity index (χ0) is 20.1. The molecule has 0 unspecified atom stereocenters. The largest absolute Gasteiger partial charge is 0.411 e. The molecular formula is C18H13FN6O2S2. The van der Waals surface area contributed by atoms with Crippen molar-refractivity contribution in [3.63, 3.8) is 0 Å². The highest BCUT2D eigenvalue weighted by Gasteiger charge is 2.14. The van der Waals surface area contributed by atoms with Crippen LogP contribution in [0, 0.1) is 5.82 Å². The average Bonchev–Trinajstić information content (AvgIpc) is 3.42. The summed E-state index contributed by atoms with van der Waals surface area (Å²) in [6.45, 7) is 0.280. The fourth-order valence-electron chi connectivity index (χ4n) is 2.27. The molecule has 29 heavy (non-hydrogen) atoms. The quantitative estimate of drug-likeness (QED) is 0.447. The van der Waals surface area contributed by atoms with Crippen LogP contribution in [0.3, 0.4) is 0 Å². The molecule has 1 amide bonds. The third-order valence-electron chi connectivity index (χ3n) is 3.68. The molecule has 3 aromatic heterocycles. The number of thioether (sulfide) groups is 1. The van der Waals surface area contributed by atoms with Crippen molar-refractivity contribution in [3.8, 4) is 11.5 Å². The number of hydrogen-bond acceptors (Lipinski definition) is 9.